The molecule has 1 amide bonds. The molecule has 190 valence electrons. The Labute approximate surface area is 202 Å². The summed E-state index contributed by atoms with van der Waals surface area (Å²) in [5.41, 5.74) is 0.276. The highest BCUT2D eigenvalue weighted by molar-refractivity contribution is 5.75. The molecule has 0 aromatic heterocycles. The number of likely N-dealkylation sites (N-methyl/N-ethyl adjacent to an activating group) is 1. The first-order chi connectivity index (χ1) is 15.6. The van der Waals surface area contributed by atoms with Gasteiger partial charge in [0.2, 0.25) is 5.91 Å². The number of aliphatic hydroxyl groups is 2. The van der Waals surface area contributed by atoms with Crippen LogP contribution in [0.4, 0.5) is 0 Å². The number of amides is 1. The molecule has 4 fully saturated rings. The van der Waals surface area contributed by atoms with E-state index in [1.54, 1.807) is 0 Å². The summed E-state index contributed by atoms with van der Waals surface area (Å²) in [5, 5.41) is 25.0. The van der Waals surface area contributed by atoms with E-state index in [9.17, 15) is 15.0 Å². The Kier molecular flexibility index (Phi) is 7.54. The average Bonchev–Trinajstić information content (AvgIpc) is 3.12. The van der Waals surface area contributed by atoms with Crippen LogP contribution in [0.5, 0.6) is 0 Å². The summed E-state index contributed by atoms with van der Waals surface area (Å²) in [6.07, 6.45) is 10.1. The van der Waals surface area contributed by atoms with Gasteiger partial charge < -0.3 is 20.4 Å². The minimum absolute atomic E-state index is 0.0145. The molecule has 0 heterocycles. The Balaban J connectivity index is 1.41. The van der Waals surface area contributed by atoms with Gasteiger partial charge in [0.15, 0.2) is 0 Å². The molecule has 4 aliphatic rings. The lowest BCUT2D eigenvalue weighted by molar-refractivity contribution is -0.174. The highest BCUT2D eigenvalue weighted by atomic mass is 16.3. The number of carbonyl (C=O) groups is 1. The predicted octanol–water partition coefficient (Wildman–Crippen LogP) is 4.07. The van der Waals surface area contributed by atoms with Crippen LogP contribution in [-0.2, 0) is 4.79 Å². The van der Waals surface area contributed by atoms with Gasteiger partial charge in [0.1, 0.15) is 0 Å². The Morgan fingerprint density at radius 3 is 2.55 bits per heavy atom. The van der Waals surface area contributed by atoms with Crippen LogP contribution in [0.25, 0.3) is 0 Å². The van der Waals surface area contributed by atoms with Crippen LogP contribution in [0.3, 0.4) is 0 Å². The first kappa shape index (κ1) is 25.4. The van der Waals surface area contributed by atoms with E-state index in [2.05, 4.69) is 31.0 Å². The predicted molar refractivity (Wildman–Crippen MR) is 133 cm³/mol. The van der Waals surface area contributed by atoms with E-state index >= 15 is 0 Å². The first-order valence-corrected chi connectivity index (χ1v) is 13.8. The Morgan fingerprint density at radius 1 is 1.06 bits per heavy atom. The topological polar surface area (TPSA) is 72.8 Å². The zero-order chi connectivity index (χ0) is 24.0. The number of carbonyl (C=O) groups excluding carboxylic acids is 1. The van der Waals surface area contributed by atoms with Crippen molar-refractivity contribution in [2.45, 2.75) is 97.2 Å². The Hall–Kier alpha value is -0.650. The van der Waals surface area contributed by atoms with E-state index in [1.807, 2.05) is 14.1 Å². The number of fused-ring (bicyclic) bond motifs is 5. The Morgan fingerprint density at radius 2 is 1.82 bits per heavy atom. The number of hydrogen-bond donors (Lipinski definition) is 3. The van der Waals surface area contributed by atoms with Gasteiger partial charge in [0, 0.05) is 19.5 Å². The quantitative estimate of drug-likeness (QED) is 0.533. The minimum Gasteiger partial charge on any atom is -0.393 e. The molecule has 0 saturated heterocycles. The zero-order valence-electron chi connectivity index (χ0n) is 21.9. The maximum absolute atomic E-state index is 12.4. The second-order valence-electron chi connectivity index (χ2n) is 13.1. The molecule has 33 heavy (non-hydrogen) atoms. The second-order valence-corrected chi connectivity index (χ2v) is 13.1. The molecule has 0 aromatic rings. The van der Waals surface area contributed by atoms with Gasteiger partial charge >= 0.3 is 0 Å². The van der Waals surface area contributed by atoms with Crippen molar-refractivity contribution in [1.82, 2.24) is 10.2 Å². The van der Waals surface area contributed by atoms with E-state index < -0.39 is 0 Å². The van der Waals surface area contributed by atoms with Crippen molar-refractivity contribution in [1.29, 1.82) is 0 Å². The van der Waals surface area contributed by atoms with E-state index in [4.69, 9.17) is 0 Å². The van der Waals surface area contributed by atoms with Gasteiger partial charge in [-0.25, -0.2) is 0 Å². The van der Waals surface area contributed by atoms with E-state index in [0.717, 1.165) is 44.6 Å². The maximum Gasteiger partial charge on any atom is 0.220 e. The van der Waals surface area contributed by atoms with Gasteiger partial charge in [0.25, 0.3) is 0 Å². The van der Waals surface area contributed by atoms with Gasteiger partial charge in [-0.15, -0.1) is 0 Å². The van der Waals surface area contributed by atoms with Crippen molar-refractivity contribution in [3.05, 3.63) is 0 Å². The maximum atomic E-state index is 12.4. The summed E-state index contributed by atoms with van der Waals surface area (Å²) >= 11 is 0. The van der Waals surface area contributed by atoms with Crippen molar-refractivity contribution in [2.24, 2.45) is 46.3 Å². The highest BCUT2D eigenvalue weighted by Gasteiger charge is 2.63. The molecule has 5 nitrogen and oxygen atoms in total. The summed E-state index contributed by atoms with van der Waals surface area (Å²) in [6.45, 7) is 8.78. The van der Waals surface area contributed by atoms with Gasteiger partial charge in [-0.1, -0.05) is 20.8 Å². The third kappa shape index (κ3) is 4.63. The average molecular weight is 463 g/mol. The fraction of sp³-hybridized carbons (Fsp3) is 0.964. The monoisotopic (exact) mass is 462 g/mol. The van der Waals surface area contributed by atoms with Crippen LogP contribution >= 0.6 is 0 Å². The molecule has 0 aromatic carbocycles. The van der Waals surface area contributed by atoms with Crippen LogP contribution in [0.1, 0.15) is 85.0 Å². The van der Waals surface area contributed by atoms with Crippen LogP contribution in [0, 0.1) is 46.3 Å². The minimum atomic E-state index is -0.241. The number of rotatable bonds is 7. The SMILES string of the molecule is C[C@H](CCC(=O)NCCN(C)C)C1CCC2C3CCC4C[C@H](O)CC[C@]4(C)C3C[C@H](O)[C@@]21C. The first-order valence-electron chi connectivity index (χ1n) is 13.8. The van der Waals surface area contributed by atoms with Gasteiger partial charge in [-0.2, -0.15) is 0 Å². The van der Waals surface area contributed by atoms with Crippen LogP contribution < -0.4 is 5.32 Å². The third-order valence-electron chi connectivity index (χ3n) is 11.2. The molecule has 4 saturated carbocycles. The molecule has 5 unspecified atom stereocenters. The molecule has 4 aliphatic carbocycles. The number of nitrogens with zero attached hydrogens (tertiary/aromatic N) is 1. The number of aliphatic hydroxyl groups excluding tert-OH is 2. The lowest BCUT2D eigenvalue weighted by Gasteiger charge is -2.62. The molecule has 0 radical (unpaired) electrons. The van der Waals surface area contributed by atoms with Crippen molar-refractivity contribution in [2.75, 3.05) is 27.2 Å². The van der Waals surface area contributed by atoms with Gasteiger partial charge in [-0.05, 0) is 118 Å². The summed E-state index contributed by atoms with van der Waals surface area (Å²) in [4.78, 5) is 14.4. The molecule has 10 atom stereocenters. The molecule has 0 bridgehead atoms. The van der Waals surface area contributed by atoms with Gasteiger partial charge in [0.05, 0.1) is 12.2 Å². The van der Waals surface area contributed by atoms with Gasteiger partial charge in [-0.3, -0.25) is 4.79 Å². The largest absolute Gasteiger partial charge is 0.393 e. The zero-order valence-corrected chi connectivity index (χ0v) is 21.9. The lowest BCUT2D eigenvalue weighted by atomic mass is 9.43. The molecular weight excluding hydrogens is 412 g/mol. The van der Waals surface area contributed by atoms with Crippen LogP contribution in [0.2, 0.25) is 0 Å². The fourth-order valence-corrected chi connectivity index (χ4v) is 9.23. The summed E-state index contributed by atoms with van der Waals surface area (Å²) in [5.74, 6) is 3.70. The molecule has 0 spiro atoms. The van der Waals surface area contributed by atoms with Crippen molar-refractivity contribution >= 4 is 5.91 Å². The van der Waals surface area contributed by atoms with Crippen molar-refractivity contribution in [3.63, 3.8) is 0 Å². The van der Waals surface area contributed by atoms with E-state index in [-0.39, 0.29) is 23.5 Å². The Bertz CT molecular complexity index is 699. The lowest BCUT2D eigenvalue weighted by Crippen LogP contribution is -2.58. The van der Waals surface area contributed by atoms with Crippen molar-refractivity contribution in [3.8, 4) is 0 Å². The standard InChI is InChI=1S/C28H50N2O3/c1-18(6-11-26(33)29-14-15-30(4)5)22-9-10-23-21-8-7-19-16-20(31)12-13-27(19,2)24(21)17-25(32)28(22,23)3/h18-25,31-32H,6-17H2,1-5H3,(H,29,33)/t18-,19?,20-,21?,22?,23?,24?,25+,27+,28-/m1/s1. The number of nitrogens with one attached hydrogen (secondary N) is 1. The normalized spacial score (nSPS) is 45.8. The van der Waals surface area contributed by atoms with E-state index in [0.29, 0.717) is 48.0 Å². The fourth-order valence-electron chi connectivity index (χ4n) is 9.23. The van der Waals surface area contributed by atoms with Crippen molar-refractivity contribution < 1.29 is 15.0 Å². The second kappa shape index (κ2) is 9.78. The van der Waals surface area contributed by atoms with Crippen LogP contribution in [0.15, 0.2) is 0 Å². The summed E-state index contributed by atoms with van der Waals surface area (Å²) in [6, 6.07) is 0. The summed E-state index contributed by atoms with van der Waals surface area (Å²) in [7, 11) is 4.05. The smallest absolute Gasteiger partial charge is 0.220 e. The molecular formula is C28H50N2O3. The van der Waals surface area contributed by atoms with E-state index in [1.165, 1.54) is 25.7 Å². The summed E-state index contributed by atoms with van der Waals surface area (Å²) < 4.78 is 0. The van der Waals surface area contributed by atoms with Crippen LogP contribution in [-0.4, -0.2) is 60.4 Å². The molecule has 0 aliphatic heterocycles. The highest BCUT2D eigenvalue weighted by Crippen LogP contribution is 2.68. The third-order valence-corrected chi connectivity index (χ3v) is 11.2. The molecule has 3 N–H and O–H groups in total. The number of hydrogen-bond acceptors (Lipinski definition) is 4. The molecule has 5 heteroatoms. The molecule has 4 rings (SSSR count).